The maximum atomic E-state index is 12.7. The van der Waals surface area contributed by atoms with Gasteiger partial charge in [0, 0.05) is 11.3 Å². The number of nitrogens with one attached hydrogen (secondary N) is 1. The summed E-state index contributed by atoms with van der Waals surface area (Å²) in [6.07, 6.45) is 0. The molecule has 4 heteroatoms. The van der Waals surface area contributed by atoms with Gasteiger partial charge in [-0.15, -0.1) is 0 Å². The molecule has 0 aliphatic carbocycles. The van der Waals surface area contributed by atoms with Crippen LogP contribution in [0.25, 0.3) is 11.1 Å². The Bertz CT molecular complexity index is 1020. The van der Waals surface area contributed by atoms with Crippen molar-refractivity contribution in [3.63, 3.8) is 0 Å². The standard InChI is InChI=1S/C23H21NO3/c1-14-4-7-17(8-5-14)18-11-19(23(26)27)13-20(12-18)24-22(25)21-9-6-15(2)10-16(21)3/h4-13H,1-3H3,(H,24,25)(H,26,27). The first-order valence-corrected chi connectivity index (χ1v) is 8.67. The largest absolute Gasteiger partial charge is 0.478 e. The van der Waals surface area contributed by atoms with Gasteiger partial charge in [0.2, 0.25) is 0 Å². The van der Waals surface area contributed by atoms with Gasteiger partial charge < -0.3 is 10.4 Å². The zero-order valence-electron chi connectivity index (χ0n) is 15.5. The Hall–Kier alpha value is -3.40. The fraction of sp³-hybridized carbons (Fsp3) is 0.130. The number of benzene rings is 3. The summed E-state index contributed by atoms with van der Waals surface area (Å²) in [7, 11) is 0. The molecule has 0 radical (unpaired) electrons. The number of amides is 1. The maximum Gasteiger partial charge on any atom is 0.335 e. The minimum Gasteiger partial charge on any atom is -0.478 e. The second kappa shape index (κ2) is 7.46. The van der Waals surface area contributed by atoms with Crippen molar-refractivity contribution in [2.24, 2.45) is 0 Å². The van der Waals surface area contributed by atoms with Gasteiger partial charge in [-0.1, -0.05) is 47.5 Å². The van der Waals surface area contributed by atoms with Crippen LogP contribution in [0.5, 0.6) is 0 Å². The first-order valence-electron chi connectivity index (χ1n) is 8.67. The van der Waals surface area contributed by atoms with Crippen LogP contribution in [0.2, 0.25) is 0 Å². The zero-order chi connectivity index (χ0) is 19.6. The SMILES string of the molecule is Cc1ccc(-c2cc(NC(=O)c3ccc(C)cc3C)cc(C(=O)O)c2)cc1. The quantitative estimate of drug-likeness (QED) is 0.670. The molecule has 0 aliphatic heterocycles. The maximum absolute atomic E-state index is 12.7. The molecule has 3 aromatic rings. The monoisotopic (exact) mass is 359 g/mol. The van der Waals surface area contributed by atoms with Gasteiger partial charge in [-0.05, 0) is 61.7 Å². The first kappa shape index (κ1) is 18.4. The first-order chi connectivity index (χ1) is 12.8. The highest BCUT2D eigenvalue weighted by atomic mass is 16.4. The predicted octanol–water partition coefficient (Wildman–Crippen LogP) is 5.23. The van der Waals surface area contributed by atoms with E-state index in [2.05, 4.69) is 5.32 Å². The summed E-state index contributed by atoms with van der Waals surface area (Å²) >= 11 is 0. The van der Waals surface area contributed by atoms with Crippen molar-refractivity contribution in [2.45, 2.75) is 20.8 Å². The number of aryl methyl sites for hydroxylation is 3. The summed E-state index contributed by atoms with van der Waals surface area (Å²) in [6, 6.07) is 18.3. The van der Waals surface area contributed by atoms with E-state index in [0.29, 0.717) is 11.3 Å². The molecule has 1 amide bonds. The van der Waals surface area contributed by atoms with Crippen molar-refractivity contribution >= 4 is 17.6 Å². The van der Waals surface area contributed by atoms with E-state index < -0.39 is 5.97 Å². The molecule has 0 saturated carbocycles. The van der Waals surface area contributed by atoms with Gasteiger partial charge in [0.25, 0.3) is 5.91 Å². The van der Waals surface area contributed by atoms with Gasteiger partial charge in [0.1, 0.15) is 0 Å². The topological polar surface area (TPSA) is 66.4 Å². The van der Waals surface area contributed by atoms with Crippen molar-refractivity contribution in [3.05, 3.63) is 88.5 Å². The number of hydrogen-bond acceptors (Lipinski definition) is 2. The second-order valence-corrected chi connectivity index (χ2v) is 6.74. The number of carboxylic acid groups (broad SMARTS) is 1. The van der Waals surface area contributed by atoms with Crippen LogP contribution < -0.4 is 5.32 Å². The van der Waals surface area contributed by atoms with Gasteiger partial charge in [0.15, 0.2) is 0 Å². The van der Waals surface area contributed by atoms with Crippen LogP contribution in [0.4, 0.5) is 5.69 Å². The molecule has 0 heterocycles. The third-order valence-electron chi connectivity index (χ3n) is 4.45. The lowest BCUT2D eigenvalue weighted by molar-refractivity contribution is 0.0696. The number of carbonyl (C=O) groups excluding carboxylic acids is 1. The second-order valence-electron chi connectivity index (χ2n) is 6.74. The Morgan fingerprint density at radius 1 is 0.778 bits per heavy atom. The molecule has 0 unspecified atom stereocenters. The third-order valence-corrected chi connectivity index (χ3v) is 4.45. The van der Waals surface area contributed by atoms with Gasteiger partial charge in [-0.25, -0.2) is 4.79 Å². The van der Waals surface area contributed by atoms with E-state index in [0.717, 1.165) is 27.8 Å². The van der Waals surface area contributed by atoms with Crippen molar-refractivity contribution < 1.29 is 14.7 Å². The van der Waals surface area contributed by atoms with Crippen LogP contribution in [0, 0.1) is 20.8 Å². The molecule has 4 nitrogen and oxygen atoms in total. The van der Waals surface area contributed by atoms with E-state index in [1.165, 1.54) is 6.07 Å². The lowest BCUT2D eigenvalue weighted by Gasteiger charge is -2.12. The predicted molar refractivity (Wildman–Crippen MR) is 107 cm³/mol. The molecule has 0 bridgehead atoms. The summed E-state index contributed by atoms with van der Waals surface area (Å²) < 4.78 is 0. The molecule has 0 aromatic heterocycles. The summed E-state index contributed by atoms with van der Waals surface area (Å²) in [5.41, 5.74) is 5.87. The Morgan fingerprint density at radius 2 is 1.44 bits per heavy atom. The summed E-state index contributed by atoms with van der Waals surface area (Å²) in [6.45, 7) is 5.85. The number of aromatic carboxylic acids is 1. The van der Waals surface area contributed by atoms with E-state index in [1.807, 2.05) is 57.2 Å². The van der Waals surface area contributed by atoms with Crippen LogP contribution in [-0.2, 0) is 0 Å². The molecular formula is C23H21NO3. The van der Waals surface area contributed by atoms with Crippen LogP contribution in [0.1, 0.15) is 37.4 Å². The zero-order valence-corrected chi connectivity index (χ0v) is 15.5. The molecular weight excluding hydrogens is 338 g/mol. The minimum absolute atomic E-state index is 0.129. The Kier molecular flexibility index (Phi) is 5.08. The van der Waals surface area contributed by atoms with Gasteiger partial charge in [-0.3, -0.25) is 4.79 Å². The molecule has 0 aliphatic rings. The Labute approximate surface area is 158 Å². The minimum atomic E-state index is -1.04. The van der Waals surface area contributed by atoms with Crippen molar-refractivity contribution in [1.82, 2.24) is 0 Å². The number of rotatable bonds is 4. The van der Waals surface area contributed by atoms with Gasteiger partial charge in [-0.2, -0.15) is 0 Å². The van der Waals surface area contributed by atoms with Crippen molar-refractivity contribution in [3.8, 4) is 11.1 Å². The van der Waals surface area contributed by atoms with E-state index in [1.54, 1.807) is 18.2 Å². The van der Waals surface area contributed by atoms with E-state index in [4.69, 9.17) is 0 Å². The molecule has 0 fully saturated rings. The average Bonchev–Trinajstić information content (AvgIpc) is 2.61. The lowest BCUT2D eigenvalue weighted by atomic mass is 10.0. The van der Waals surface area contributed by atoms with E-state index >= 15 is 0 Å². The fourth-order valence-electron chi connectivity index (χ4n) is 3.00. The smallest absolute Gasteiger partial charge is 0.335 e. The molecule has 3 rings (SSSR count). The molecule has 0 atom stereocenters. The summed E-state index contributed by atoms with van der Waals surface area (Å²) in [5.74, 6) is -1.30. The summed E-state index contributed by atoms with van der Waals surface area (Å²) in [4.78, 5) is 24.2. The Balaban J connectivity index is 1.98. The number of anilines is 1. The van der Waals surface area contributed by atoms with Gasteiger partial charge in [0.05, 0.1) is 5.56 Å². The van der Waals surface area contributed by atoms with E-state index in [-0.39, 0.29) is 11.5 Å². The van der Waals surface area contributed by atoms with Crippen molar-refractivity contribution in [1.29, 1.82) is 0 Å². The van der Waals surface area contributed by atoms with Crippen molar-refractivity contribution in [2.75, 3.05) is 5.32 Å². The fourth-order valence-corrected chi connectivity index (χ4v) is 3.00. The average molecular weight is 359 g/mol. The molecule has 3 aromatic carbocycles. The molecule has 2 N–H and O–H groups in total. The van der Waals surface area contributed by atoms with Crippen LogP contribution in [-0.4, -0.2) is 17.0 Å². The van der Waals surface area contributed by atoms with Crippen LogP contribution in [0.15, 0.2) is 60.7 Å². The molecule has 136 valence electrons. The third kappa shape index (κ3) is 4.23. The summed E-state index contributed by atoms with van der Waals surface area (Å²) in [5, 5.41) is 12.3. The van der Waals surface area contributed by atoms with Crippen LogP contribution in [0.3, 0.4) is 0 Å². The highest BCUT2D eigenvalue weighted by Crippen LogP contribution is 2.26. The number of carboxylic acids is 1. The Morgan fingerprint density at radius 3 is 2.07 bits per heavy atom. The van der Waals surface area contributed by atoms with Gasteiger partial charge >= 0.3 is 5.97 Å². The molecule has 27 heavy (non-hydrogen) atoms. The normalized spacial score (nSPS) is 10.5. The lowest BCUT2D eigenvalue weighted by Crippen LogP contribution is -2.14. The number of carbonyl (C=O) groups is 2. The highest BCUT2D eigenvalue weighted by molar-refractivity contribution is 6.06. The van der Waals surface area contributed by atoms with E-state index in [9.17, 15) is 14.7 Å². The van der Waals surface area contributed by atoms with Crippen LogP contribution >= 0.6 is 0 Å². The number of hydrogen-bond donors (Lipinski definition) is 2. The highest BCUT2D eigenvalue weighted by Gasteiger charge is 2.13. The molecule has 0 spiro atoms. The molecule has 0 saturated heterocycles.